The highest BCUT2D eigenvalue weighted by atomic mass is 35.5. The Morgan fingerprint density at radius 1 is 0.750 bits per heavy atom. The summed E-state index contributed by atoms with van der Waals surface area (Å²) in [6.45, 7) is 3.86. The van der Waals surface area contributed by atoms with E-state index in [0.29, 0.717) is 33.6 Å². The molecule has 4 nitrogen and oxygen atoms in total. The minimum Gasteiger partial charge on any atom is -0.439 e. The van der Waals surface area contributed by atoms with Gasteiger partial charge in [-0.2, -0.15) is 0 Å². The van der Waals surface area contributed by atoms with Crippen molar-refractivity contribution < 1.29 is 9.47 Å². The van der Waals surface area contributed by atoms with Crippen molar-refractivity contribution in [1.82, 2.24) is 9.97 Å². The van der Waals surface area contributed by atoms with Crippen LogP contribution >= 0.6 is 23.2 Å². The Bertz CT molecular complexity index is 816. The quantitative estimate of drug-likeness (QED) is 0.536. The van der Waals surface area contributed by atoms with Gasteiger partial charge in [-0.05, 0) is 43.7 Å². The van der Waals surface area contributed by atoms with Gasteiger partial charge in [-0.3, -0.25) is 0 Å². The van der Waals surface area contributed by atoms with Gasteiger partial charge in [0.2, 0.25) is 11.8 Å². The molecule has 0 fully saturated rings. The number of pyridine rings is 2. The summed E-state index contributed by atoms with van der Waals surface area (Å²) in [5.41, 5.74) is 1.80. The van der Waals surface area contributed by atoms with Crippen molar-refractivity contribution in [3.8, 4) is 23.3 Å². The fraction of sp³-hybridized carbons (Fsp3) is 0.111. The maximum Gasteiger partial charge on any atom is 0.220 e. The van der Waals surface area contributed by atoms with Crippen LogP contribution in [0.3, 0.4) is 0 Å². The summed E-state index contributed by atoms with van der Waals surface area (Å²) in [6.07, 6.45) is 0. The zero-order chi connectivity index (χ0) is 17.1. The van der Waals surface area contributed by atoms with Gasteiger partial charge in [-0.25, -0.2) is 9.97 Å². The van der Waals surface area contributed by atoms with Gasteiger partial charge in [0.25, 0.3) is 0 Å². The first-order valence-electron chi connectivity index (χ1n) is 7.23. The van der Waals surface area contributed by atoms with Crippen LogP contribution in [0.5, 0.6) is 23.3 Å². The number of nitrogens with zero attached hydrogens (tertiary/aromatic N) is 2. The second-order valence-corrected chi connectivity index (χ2v) is 5.96. The molecule has 0 atom stereocenters. The predicted molar refractivity (Wildman–Crippen MR) is 94.6 cm³/mol. The first-order chi connectivity index (χ1) is 11.5. The highest BCUT2D eigenvalue weighted by Crippen LogP contribution is 2.34. The van der Waals surface area contributed by atoms with Gasteiger partial charge >= 0.3 is 0 Å². The summed E-state index contributed by atoms with van der Waals surface area (Å²) in [5, 5.41) is 0.745. The smallest absolute Gasteiger partial charge is 0.220 e. The summed E-state index contributed by atoms with van der Waals surface area (Å²) >= 11 is 11.8. The Labute approximate surface area is 150 Å². The molecule has 2 aromatic heterocycles. The van der Waals surface area contributed by atoms with Crippen LogP contribution in [0.4, 0.5) is 0 Å². The standard InChI is InChI=1S/C18H14Cl2N2O2/c1-11-9-13(23-17-7-3-5-15(19)21-17)12(2)14(10-11)24-18-8-4-6-16(20)22-18/h3-10H,1-2H3. The molecule has 0 bridgehead atoms. The van der Waals surface area contributed by atoms with Crippen LogP contribution < -0.4 is 9.47 Å². The van der Waals surface area contributed by atoms with E-state index in [4.69, 9.17) is 32.7 Å². The van der Waals surface area contributed by atoms with Crippen molar-refractivity contribution in [3.63, 3.8) is 0 Å². The summed E-state index contributed by atoms with van der Waals surface area (Å²) in [4.78, 5) is 8.27. The molecule has 6 heteroatoms. The van der Waals surface area contributed by atoms with Gasteiger partial charge in [-0.15, -0.1) is 0 Å². The van der Waals surface area contributed by atoms with Gasteiger partial charge in [0, 0.05) is 17.7 Å². The summed E-state index contributed by atoms with van der Waals surface area (Å²) in [7, 11) is 0. The van der Waals surface area contributed by atoms with E-state index in [-0.39, 0.29) is 0 Å². The SMILES string of the molecule is Cc1cc(Oc2cccc(Cl)n2)c(C)c(Oc2cccc(Cl)n2)c1. The Morgan fingerprint density at radius 2 is 1.21 bits per heavy atom. The maximum atomic E-state index is 5.90. The first-order valence-corrected chi connectivity index (χ1v) is 7.99. The molecule has 0 N–H and O–H groups in total. The molecule has 0 saturated carbocycles. The fourth-order valence-electron chi connectivity index (χ4n) is 2.12. The van der Waals surface area contributed by atoms with E-state index in [0.717, 1.165) is 11.1 Å². The van der Waals surface area contributed by atoms with Crippen molar-refractivity contribution in [2.24, 2.45) is 0 Å². The van der Waals surface area contributed by atoms with E-state index in [1.54, 1.807) is 36.4 Å². The fourth-order valence-corrected chi connectivity index (χ4v) is 2.44. The second-order valence-electron chi connectivity index (χ2n) is 5.19. The zero-order valence-electron chi connectivity index (χ0n) is 13.1. The van der Waals surface area contributed by atoms with Crippen LogP contribution in [0.15, 0.2) is 48.5 Å². The van der Waals surface area contributed by atoms with E-state index >= 15 is 0 Å². The van der Waals surface area contributed by atoms with Crippen LogP contribution in [0.25, 0.3) is 0 Å². The average Bonchev–Trinajstić information content (AvgIpc) is 2.52. The molecule has 0 spiro atoms. The van der Waals surface area contributed by atoms with Crippen molar-refractivity contribution in [3.05, 3.63) is 70.0 Å². The molecular weight excluding hydrogens is 347 g/mol. The van der Waals surface area contributed by atoms with Crippen molar-refractivity contribution >= 4 is 23.2 Å². The van der Waals surface area contributed by atoms with E-state index < -0.39 is 0 Å². The van der Waals surface area contributed by atoms with E-state index in [2.05, 4.69) is 9.97 Å². The lowest BCUT2D eigenvalue weighted by atomic mass is 10.1. The zero-order valence-corrected chi connectivity index (χ0v) is 14.6. The number of aryl methyl sites for hydroxylation is 1. The lowest BCUT2D eigenvalue weighted by Gasteiger charge is -2.14. The molecule has 3 rings (SSSR count). The highest BCUT2D eigenvalue weighted by molar-refractivity contribution is 6.29. The number of halogens is 2. The number of hydrogen-bond acceptors (Lipinski definition) is 4. The third kappa shape index (κ3) is 3.96. The Morgan fingerprint density at radius 3 is 1.62 bits per heavy atom. The second kappa shape index (κ2) is 7.07. The van der Waals surface area contributed by atoms with Crippen molar-refractivity contribution in [2.75, 3.05) is 0 Å². The number of ether oxygens (including phenoxy) is 2. The molecule has 1 aromatic carbocycles. The molecule has 0 unspecified atom stereocenters. The topological polar surface area (TPSA) is 44.2 Å². The van der Waals surface area contributed by atoms with Crippen molar-refractivity contribution in [1.29, 1.82) is 0 Å². The first kappa shape index (κ1) is 16.6. The molecule has 0 amide bonds. The molecule has 0 saturated heterocycles. The van der Waals surface area contributed by atoms with Gasteiger partial charge in [0.05, 0.1) is 0 Å². The van der Waals surface area contributed by atoms with E-state index in [1.165, 1.54) is 0 Å². The number of hydrogen-bond donors (Lipinski definition) is 0. The molecule has 0 aliphatic rings. The molecule has 24 heavy (non-hydrogen) atoms. The van der Waals surface area contributed by atoms with Crippen LogP contribution in [-0.4, -0.2) is 9.97 Å². The minimum absolute atomic E-state index is 0.373. The Kier molecular flexibility index (Phi) is 4.88. The summed E-state index contributed by atoms with van der Waals surface area (Å²) in [6, 6.07) is 14.3. The van der Waals surface area contributed by atoms with Gasteiger partial charge in [0.1, 0.15) is 21.8 Å². The molecule has 0 aliphatic heterocycles. The third-order valence-electron chi connectivity index (χ3n) is 3.26. The molecule has 2 heterocycles. The maximum absolute atomic E-state index is 5.90. The van der Waals surface area contributed by atoms with Crippen LogP contribution in [0, 0.1) is 13.8 Å². The normalized spacial score (nSPS) is 10.5. The summed E-state index contributed by atoms with van der Waals surface area (Å²) < 4.78 is 11.7. The Balaban J connectivity index is 1.92. The monoisotopic (exact) mass is 360 g/mol. The molecule has 0 aliphatic carbocycles. The molecule has 3 aromatic rings. The largest absolute Gasteiger partial charge is 0.439 e. The van der Waals surface area contributed by atoms with Gasteiger partial charge in [-0.1, -0.05) is 35.3 Å². The van der Waals surface area contributed by atoms with Gasteiger partial charge < -0.3 is 9.47 Å². The van der Waals surface area contributed by atoms with Crippen LogP contribution in [0.2, 0.25) is 10.3 Å². The number of rotatable bonds is 4. The highest BCUT2D eigenvalue weighted by Gasteiger charge is 2.12. The average molecular weight is 361 g/mol. The van der Waals surface area contributed by atoms with Gasteiger partial charge in [0.15, 0.2) is 0 Å². The third-order valence-corrected chi connectivity index (χ3v) is 3.69. The van der Waals surface area contributed by atoms with Crippen LogP contribution in [-0.2, 0) is 0 Å². The lowest BCUT2D eigenvalue weighted by molar-refractivity contribution is 0.435. The van der Waals surface area contributed by atoms with Crippen LogP contribution in [0.1, 0.15) is 11.1 Å². The molecular formula is C18H14Cl2N2O2. The number of aromatic nitrogens is 2. The molecule has 0 radical (unpaired) electrons. The van der Waals surface area contributed by atoms with E-state index in [9.17, 15) is 0 Å². The summed E-state index contributed by atoms with van der Waals surface area (Å²) in [5.74, 6) is 2.12. The lowest BCUT2D eigenvalue weighted by Crippen LogP contribution is -1.96. The predicted octanol–water partition coefficient (Wildman–Crippen LogP) is 5.98. The Hall–Kier alpha value is -2.30. The minimum atomic E-state index is 0.373. The number of benzene rings is 1. The van der Waals surface area contributed by atoms with E-state index in [1.807, 2.05) is 26.0 Å². The van der Waals surface area contributed by atoms with Crippen molar-refractivity contribution in [2.45, 2.75) is 13.8 Å². The molecule has 122 valence electrons.